The summed E-state index contributed by atoms with van der Waals surface area (Å²) in [4.78, 5) is 54.4. The highest BCUT2D eigenvalue weighted by Crippen LogP contribution is 2.40. The molecule has 0 aliphatic rings. The molecule has 0 bridgehead atoms. The molecule has 10 nitrogen and oxygen atoms in total. The van der Waals surface area contributed by atoms with Crippen molar-refractivity contribution in [2.45, 2.75) is 105 Å². The smallest absolute Gasteiger partial charge is 0.334 e. The van der Waals surface area contributed by atoms with Gasteiger partial charge >= 0.3 is 11.9 Å². The van der Waals surface area contributed by atoms with Crippen LogP contribution < -0.4 is 0 Å². The summed E-state index contributed by atoms with van der Waals surface area (Å²) in [7, 11) is 0. The number of hydrogen-bond acceptors (Lipinski definition) is 10. The molecule has 0 heterocycles. The largest absolute Gasteiger partial charge is 0.464 e. The fourth-order valence-electron chi connectivity index (χ4n) is 3.69. The predicted molar refractivity (Wildman–Crippen MR) is 141 cm³/mol. The van der Waals surface area contributed by atoms with Crippen LogP contribution in [0.15, 0.2) is 9.98 Å². The number of ether oxygens (including phenoxy) is 4. The molecule has 210 valence electrons. The van der Waals surface area contributed by atoms with Crippen LogP contribution in [0, 0.1) is 13.8 Å². The molecule has 0 amide bonds. The molecule has 1 aromatic rings. The van der Waals surface area contributed by atoms with Crippen molar-refractivity contribution in [1.29, 1.82) is 0 Å². The van der Waals surface area contributed by atoms with E-state index >= 15 is 0 Å². The molecular weight excluding hydrogens is 492 g/mol. The van der Waals surface area contributed by atoms with Crippen LogP contribution in [-0.2, 0) is 51.3 Å². The summed E-state index contributed by atoms with van der Waals surface area (Å²) in [6, 6.07) is 0. The summed E-state index contributed by atoms with van der Waals surface area (Å²) in [5.41, 5.74) is 2.42. The minimum Gasteiger partial charge on any atom is -0.464 e. The molecule has 0 N–H and O–H groups in total. The number of isocyanates is 2. The standard InChI is InChI=1S/C28H40N2O8/c1-7-9-11-13-35-27(33)21(5)37-15-23-19(3)25(29-17-31)26(30-18-32)20(4)24(23)16-38-22(6)28(34)36-14-12-10-8-2/h21-22H,7-16H2,1-6H3/t21-,22-/m0/s1. The molecule has 2 atom stereocenters. The Labute approximate surface area is 224 Å². The highest BCUT2D eigenvalue weighted by molar-refractivity contribution is 5.78. The molecule has 1 aromatic carbocycles. The second-order valence-corrected chi connectivity index (χ2v) is 8.97. The van der Waals surface area contributed by atoms with E-state index in [-0.39, 0.29) is 24.6 Å². The van der Waals surface area contributed by atoms with Crippen LogP contribution in [0.2, 0.25) is 0 Å². The molecule has 0 saturated heterocycles. The molecule has 0 unspecified atom stereocenters. The third-order valence-corrected chi connectivity index (χ3v) is 6.12. The topological polar surface area (TPSA) is 130 Å². The lowest BCUT2D eigenvalue weighted by Gasteiger charge is -2.22. The van der Waals surface area contributed by atoms with Gasteiger partial charge in [0.25, 0.3) is 0 Å². The van der Waals surface area contributed by atoms with Gasteiger partial charge in [-0.3, -0.25) is 0 Å². The highest BCUT2D eigenvalue weighted by Gasteiger charge is 2.24. The molecule has 10 heteroatoms. The van der Waals surface area contributed by atoms with Crippen LogP contribution in [0.4, 0.5) is 11.4 Å². The Bertz CT molecular complexity index is 945. The van der Waals surface area contributed by atoms with E-state index in [4.69, 9.17) is 18.9 Å². The molecule has 38 heavy (non-hydrogen) atoms. The number of unbranched alkanes of at least 4 members (excludes halogenated alkanes) is 4. The fraction of sp³-hybridized carbons (Fsp3) is 0.643. The average molecular weight is 533 g/mol. The van der Waals surface area contributed by atoms with Crippen molar-refractivity contribution in [3.8, 4) is 0 Å². The zero-order valence-electron chi connectivity index (χ0n) is 23.4. The van der Waals surface area contributed by atoms with Crippen LogP contribution in [0.25, 0.3) is 0 Å². The first-order valence-corrected chi connectivity index (χ1v) is 13.1. The van der Waals surface area contributed by atoms with Gasteiger partial charge in [0.15, 0.2) is 12.2 Å². The summed E-state index contributed by atoms with van der Waals surface area (Å²) in [6.45, 7) is 11.2. The SMILES string of the molecule is CCCCCOC(=O)[C@H](C)OCc1c(C)c(N=C=O)c(N=C=O)c(C)c1CO[C@@H](C)C(=O)OCCCCC. The van der Waals surface area contributed by atoms with Gasteiger partial charge in [-0.25, -0.2) is 19.2 Å². The zero-order chi connectivity index (χ0) is 28.5. The van der Waals surface area contributed by atoms with E-state index in [1.54, 1.807) is 27.7 Å². The number of esters is 2. The number of carbonyl (C=O) groups is 2. The molecule has 0 saturated carbocycles. The molecule has 0 radical (unpaired) electrons. The number of nitrogens with zero attached hydrogens (tertiary/aromatic N) is 2. The highest BCUT2D eigenvalue weighted by atomic mass is 16.6. The van der Waals surface area contributed by atoms with Crippen molar-refractivity contribution in [2.24, 2.45) is 9.98 Å². The quantitative estimate of drug-likeness (QED) is 0.105. The van der Waals surface area contributed by atoms with Crippen LogP contribution in [0.1, 0.15) is 88.5 Å². The Morgan fingerprint density at radius 1 is 0.711 bits per heavy atom. The number of rotatable bonds is 18. The predicted octanol–water partition coefficient (Wildman–Crippen LogP) is 5.52. The number of benzene rings is 1. The minimum atomic E-state index is -0.854. The summed E-state index contributed by atoms with van der Waals surface area (Å²) < 4.78 is 22.2. The number of hydrogen-bond donors (Lipinski definition) is 0. The van der Waals surface area contributed by atoms with Gasteiger partial charge in [0, 0.05) is 0 Å². The van der Waals surface area contributed by atoms with Gasteiger partial charge in [0.05, 0.1) is 26.4 Å². The van der Waals surface area contributed by atoms with E-state index in [1.165, 1.54) is 12.2 Å². The van der Waals surface area contributed by atoms with Gasteiger partial charge in [-0.1, -0.05) is 39.5 Å². The fourth-order valence-corrected chi connectivity index (χ4v) is 3.69. The van der Waals surface area contributed by atoms with Crippen molar-refractivity contribution in [3.05, 3.63) is 22.3 Å². The van der Waals surface area contributed by atoms with Gasteiger partial charge in [0.2, 0.25) is 12.2 Å². The maximum absolute atomic E-state index is 12.3. The Hall–Kier alpha value is -3.16. The first-order valence-electron chi connectivity index (χ1n) is 13.1. The summed E-state index contributed by atoms with van der Waals surface area (Å²) in [6.07, 6.45) is 6.77. The van der Waals surface area contributed by atoms with Crippen molar-refractivity contribution in [1.82, 2.24) is 0 Å². The third-order valence-electron chi connectivity index (χ3n) is 6.12. The molecular formula is C28H40N2O8. The molecule has 1 rings (SSSR count). The Kier molecular flexibility index (Phi) is 15.7. The normalized spacial score (nSPS) is 12.2. The number of carbonyl (C=O) groups excluding carboxylic acids is 4. The third kappa shape index (κ3) is 10.3. The maximum atomic E-state index is 12.3. The van der Waals surface area contributed by atoms with E-state index < -0.39 is 24.1 Å². The Balaban J connectivity index is 3.19. The van der Waals surface area contributed by atoms with Crippen LogP contribution in [0.3, 0.4) is 0 Å². The van der Waals surface area contributed by atoms with Gasteiger partial charge in [0.1, 0.15) is 11.4 Å². The lowest BCUT2D eigenvalue weighted by molar-refractivity contribution is -0.158. The van der Waals surface area contributed by atoms with Gasteiger partial charge in [-0.15, -0.1) is 0 Å². The molecule has 0 aromatic heterocycles. The first kappa shape index (κ1) is 32.9. The van der Waals surface area contributed by atoms with Crippen molar-refractivity contribution < 1.29 is 38.1 Å². The van der Waals surface area contributed by atoms with Crippen LogP contribution in [0.5, 0.6) is 0 Å². The van der Waals surface area contributed by atoms with Crippen molar-refractivity contribution in [2.75, 3.05) is 13.2 Å². The van der Waals surface area contributed by atoms with E-state index in [1.807, 2.05) is 0 Å². The number of aliphatic imine (C=N–C) groups is 2. The average Bonchev–Trinajstić information content (AvgIpc) is 2.90. The van der Waals surface area contributed by atoms with Gasteiger partial charge in [-0.05, 0) is 62.8 Å². The molecule has 0 spiro atoms. The lowest BCUT2D eigenvalue weighted by atomic mass is 9.94. The first-order chi connectivity index (χ1) is 18.2. The molecule has 0 fully saturated rings. The van der Waals surface area contributed by atoms with Crippen molar-refractivity contribution in [3.63, 3.8) is 0 Å². The van der Waals surface area contributed by atoms with Crippen molar-refractivity contribution >= 4 is 35.5 Å². The Morgan fingerprint density at radius 3 is 1.39 bits per heavy atom. The molecule has 0 aliphatic heterocycles. The van der Waals surface area contributed by atoms with E-state index in [9.17, 15) is 19.2 Å². The van der Waals surface area contributed by atoms with Gasteiger partial charge < -0.3 is 18.9 Å². The second-order valence-electron chi connectivity index (χ2n) is 8.97. The maximum Gasteiger partial charge on any atom is 0.334 e. The zero-order valence-corrected chi connectivity index (χ0v) is 23.4. The van der Waals surface area contributed by atoms with E-state index in [0.717, 1.165) is 38.5 Å². The van der Waals surface area contributed by atoms with Crippen LogP contribution in [-0.4, -0.2) is 49.5 Å². The summed E-state index contributed by atoms with van der Waals surface area (Å²) >= 11 is 0. The van der Waals surface area contributed by atoms with Crippen LogP contribution >= 0.6 is 0 Å². The minimum absolute atomic E-state index is 0.0428. The Morgan fingerprint density at radius 2 is 1.08 bits per heavy atom. The summed E-state index contributed by atoms with van der Waals surface area (Å²) in [5, 5.41) is 0. The van der Waals surface area contributed by atoms with Gasteiger partial charge in [-0.2, -0.15) is 9.98 Å². The summed E-state index contributed by atoms with van der Waals surface area (Å²) in [5.74, 6) is -0.970. The second kappa shape index (κ2) is 18.2. The monoisotopic (exact) mass is 532 g/mol. The lowest BCUT2D eigenvalue weighted by Crippen LogP contribution is -2.25. The molecule has 0 aliphatic carbocycles. The van der Waals surface area contributed by atoms with E-state index in [0.29, 0.717) is 35.5 Å². The van der Waals surface area contributed by atoms with E-state index in [2.05, 4.69) is 23.8 Å².